The SMILES string of the molecule is CC(C)(C)C(=O)C(=O)CBr. The molecule has 0 aliphatic carbocycles. The Morgan fingerprint density at radius 2 is 1.70 bits per heavy atom. The molecule has 0 heterocycles. The molecule has 0 atom stereocenters. The average molecular weight is 207 g/mol. The summed E-state index contributed by atoms with van der Waals surface area (Å²) in [4.78, 5) is 21.8. The van der Waals surface area contributed by atoms with Crippen LogP contribution >= 0.6 is 15.9 Å². The molecular weight excluding hydrogens is 196 g/mol. The molecule has 0 aromatic rings. The van der Waals surface area contributed by atoms with Crippen LogP contribution in [-0.4, -0.2) is 16.9 Å². The minimum Gasteiger partial charge on any atom is -0.290 e. The molecule has 0 aromatic carbocycles. The molecule has 0 aromatic heterocycles. The molecule has 2 nitrogen and oxygen atoms in total. The largest absolute Gasteiger partial charge is 0.290 e. The molecule has 0 rings (SSSR count). The van der Waals surface area contributed by atoms with Crippen LogP contribution in [0.3, 0.4) is 0 Å². The molecule has 0 unspecified atom stereocenters. The van der Waals surface area contributed by atoms with Crippen LogP contribution < -0.4 is 0 Å². The number of carbonyl (C=O) groups excluding carboxylic acids is 2. The van der Waals surface area contributed by atoms with Gasteiger partial charge < -0.3 is 0 Å². The van der Waals surface area contributed by atoms with Gasteiger partial charge in [0.05, 0.1) is 5.33 Å². The summed E-state index contributed by atoms with van der Waals surface area (Å²) < 4.78 is 0. The van der Waals surface area contributed by atoms with Gasteiger partial charge in [0.25, 0.3) is 0 Å². The summed E-state index contributed by atoms with van der Waals surface area (Å²) in [5.41, 5.74) is -0.537. The number of halogens is 1. The normalized spacial score (nSPS) is 11.2. The quantitative estimate of drug-likeness (QED) is 0.508. The van der Waals surface area contributed by atoms with Gasteiger partial charge in [-0.25, -0.2) is 0 Å². The van der Waals surface area contributed by atoms with Crippen molar-refractivity contribution in [3.8, 4) is 0 Å². The lowest BCUT2D eigenvalue weighted by Crippen LogP contribution is -2.29. The van der Waals surface area contributed by atoms with Crippen molar-refractivity contribution < 1.29 is 9.59 Å². The Balaban J connectivity index is 4.24. The molecule has 0 saturated heterocycles. The lowest BCUT2D eigenvalue weighted by molar-refractivity contribution is -0.139. The number of hydrogen-bond acceptors (Lipinski definition) is 2. The van der Waals surface area contributed by atoms with Crippen LogP contribution in [0.25, 0.3) is 0 Å². The molecular formula is C7H11BrO2. The number of alkyl halides is 1. The van der Waals surface area contributed by atoms with E-state index in [1.54, 1.807) is 20.8 Å². The summed E-state index contributed by atoms with van der Waals surface area (Å²) in [6.45, 7) is 5.20. The summed E-state index contributed by atoms with van der Waals surface area (Å²) in [6, 6.07) is 0. The van der Waals surface area contributed by atoms with Crippen LogP contribution in [0.2, 0.25) is 0 Å². The maximum atomic E-state index is 11.0. The van der Waals surface area contributed by atoms with Crippen molar-refractivity contribution >= 4 is 27.5 Å². The number of Topliss-reactive ketones (excluding diaryl/α,β-unsaturated/α-hetero) is 2. The number of rotatable bonds is 2. The van der Waals surface area contributed by atoms with Crippen LogP contribution in [0.5, 0.6) is 0 Å². The lowest BCUT2D eigenvalue weighted by atomic mass is 9.89. The van der Waals surface area contributed by atoms with E-state index in [9.17, 15) is 9.59 Å². The minimum absolute atomic E-state index is 0.128. The Morgan fingerprint density at radius 3 is 1.80 bits per heavy atom. The molecule has 0 radical (unpaired) electrons. The number of ketones is 2. The fraction of sp³-hybridized carbons (Fsp3) is 0.714. The highest BCUT2D eigenvalue weighted by Crippen LogP contribution is 2.15. The van der Waals surface area contributed by atoms with E-state index in [4.69, 9.17) is 0 Å². The van der Waals surface area contributed by atoms with Gasteiger partial charge in [0, 0.05) is 5.41 Å². The second-order valence-corrected chi connectivity index (χ2v) is 3.70. The molecule has 58 valence electrons. The van der Waals surface area contributed by atoms with Gasteiger partial charge in [0.15, 0.2) is 0 Å². The standard InChI is InChI=1S/C7H11BrO2/c1-7(2,3)6(10)5(9)4-8/h4H2,1-3H3. The minimum atomic E-state index is -0.537. The Hall–Kier alpha value is -0.180. The third-order valence-corrected chi connectivity index (χ3v) is 1.57. The first kappa shape index (κ1) is 9.82. The van der Waals surface area contributed by atoms with Crippen LogP contribution in [-0.2, 0) is 9.59 Å². The average Bonchev–Trinajstić information content (AvgIpc) is 1.83. The Bertz CT molecular complexity index is 155. The van der Waals surface area contributed by atoms with Crippen molar-refractivity contribution in [2.24, 2.45) is 5.41 Å². The molecule has 10 heavy (non-hydrogen) atoms. The molecule has 3 heteroatoms. The fourth-order valence-electron chi connectivity index (χ4n) is 0.479. The van der Waals surface area contributed by atoms with Gasteiger partial charge in [-0.1, -0.05) is 36.7 Å². The summed E-state index contributed by atoms with van der Waals surface area (Å²) in [6.07, 6.45) is 0. The van der Waals surface area contributed by atoms with E-state index < -0.39 is 5.41 Å². The van der Waals surface area contributed by atoms with Crippen LogP contribution in [0, 0.1) is 5.41 Å². The maximum absolute atomic E-state index is 11.0. The van der Waals surface area contributed by atoms with Gasteiger partial charge in [-0.3, -0.25) is 9.59 Å². The summed E-state index contributed by atoms with van der Waals surface area (Å²) in [7, 11) is 0. The summed E-state index contributed by atoms with van der Waals surface area (Å²) in [5.74, 6) is -0.670. The first-order valence-corrected chi connectivity index (χ1v) is 4.15. The molecule has 0 fully saturated rings. The highest BCUT2D eigenvalue weighted by atomic mass is 79.9. The topological polar surface area (TPSA) is 34.1 Å². The smallest absolute Gasteiger partial charge is 0.209 e. The van der Waals surface area contributed by atoms with Crippen molar-refractivity contribution in [2.75, 3.05) is 5.33 Å². The van der Waals surface area contributed by atoms with Crippen molar-refractivity contribution in [2.45, 2.75) is 20.8 Å². The van der Waals surface area contributed by atoms with E-state index in [-0.39, 0.29) is 16.9 Å². The second kappa shape index (κ2) is 3.28. The van der Waals surface area contributed by atoms with E-state index in [2.05, 4.69) is 15.9 Å². The van der Waals surface area contributed by atoms with Gasteiger partial charge in [0.1, 0.15) is 0 Å². The Morgan fingerprint density at radius 1 is 1.30 bits per heavy atom. The zero-order chi connectivity index (χ0) is 8.36. The maximum Gasteiger partial charge on any atom is 0.209 e. The Kier molecular flexibility index (Phi) is 3.22. The molecule has 0 amide bonds. The number of hydrogen-bond donors (Lipinski definition) is 0. The fourth-order valence-corrected chi connectivity index (χ4v) is 0.734. The summed E-state index contributed by atoms with van der Waals surface area (Å²) >= 11 is 2.94. The Labute approximate surface area is 69.1 Å². The van der Waals surface area contributed by atoms with Gasteiger partial charge in [-0.15, -0.1) is 0 Å². The van der Waals surface area contributed by atoms with Gasteiger partial charge in [-0.05, 0) is 0 Å². The highest BCUT2D eigenvalue weighted by Gasteiger charge is 2.26. The van der Waals surface area contributed by atoms with Crippen LogP contribution in [0.4, 0.5) is 0 Å². The molecule has 0 spiro atoms. The van der Waals surface area contributed by atoms with E-state index >= 15 is 0 Å². The van der Waals surface area contributed by atoms with Gasteiger partial charge in [0.2, 0.25) is 11.6 Å². The van der Waals surface area contributed by atoms with Gasteiger partial charge >= 0.3 is 0 Å². The third kappa shape index (κ3) is 2.60. The zero-order valence-corrected chi connectivity index (χ0v) is 7.99. The zero-order valence-electron chi connectivity index (χ0n) is 6.40. The molecule has 0 saturated carbocycles. The molecule has 0 aliphatic heterocycles. The third-order valence-electron chi connectivity index (χ3n) is 1.06. The van der Waals surface area contributed by atoms with Crippen molar-refractivity contribution in [1.82, 2.24) is 0 Å². The van der Waals surface area contributed by atoms with E-state index in [0.29, 0.717) is 0 Å². The first-order chi connectivity index (χ1) is 4.39. The van der Waals surface area contributed by atoms with Crippen LogP contribution in [0.1, 0.15) is 20.8 Å². The molecule has 0 bridgehead atoms. The predicted octanol–water partition coefficient (Wildman–Crippen LogP) is 1.57. The van der Waals surface area contributed by atoms with E-state index in [1.165, 1.54) is 0 Å². The van der Waals surface area contributed by atoms with Crippen LogP contribution in [0.15, 0.2) is 0 Å². The monoisotopic (exact) mass is 206 g/mol. The van der Waals surface area contributed by atoms with Gasteiger partial charge in [-0.2, -0.15) is 0 Å². The molecule has 0 aliphatic rings. The lowest BCUT2D eigenvalue weighted by Gasteiger charge is -2.13. The second-order valence-electron chi connectivity index (χ2n) is 3.14. The van der Waals surface area contributed by atoms with E-state index in [1.807, 2.05) is 0 Å². The summed E-state index contributed by atoms with van der Waals surface area (Å²) in [5, 5.41) is 0.128. The van der Waals surface area contributed by atoms with Crippen molar-refractivity contribution in [1.29, 1.82) is 0 Å². The predicted molar refractivity (Wildman–Crippen MR) is 43.3 cm³/mol. The molecule has 0 N–H and O–H groups in total. The van der Waals surface area contributed by atoms with E-state index in [0.717, 1.165) is 0 Å². The van der Waals surface area contributed by atoms with Crippen molar-refractivity contribution in [3.63, 3.8) is 0 Å². The first-order valence-electron chi connectivity index (χ1n) is 3.03. The highest BCUT2D eigenvalue weighted by molar-refractivity contribution is 9.09. The number of carbonyl (C=O) groups is 2. The van der Waals surface area contributed by atoms with Crippen molar-refractivity contribution in [3.05, 3.63) is 0 Å².